The molecule has 2 aromatic heterocycles. The first kappa shape index (κ1) is 13.1. The Morgan fingerprint density at radius 3 is 3.00 bits per heavy atom. The quantitative estimate of drug-likeness (QED) is 0.695. The van der Waals surface area contributed by atoms with Gasteiger partial charge in [-0.3, -0.25) is 0 Å². The number of imidazole rings is 1. The van der Waals surface area contributed by atoms with Crippen LogP contribution in [0.5, 0.6) is 0 Å². The van der Waals surface area contributed by atoms with Crippen LogP contribution in [0.15, 0.2) is 29.1 Å². The topological polar surface area (TPSA) is 54.5 Å². The minimum atomic E-state index is 0.355. The fourth-order valence-corrected chi connectivity index (χ4v) is 2.98. The predicted molar refractivity (Wildman–Crippen MR) is 79.8 cm³/mol. The van der Waals surface area contributed by atoms with Crippen molar-refractivity contribution in [2.45, 2.75) is 18.8 Å². The molecule has 20 heavy (non-hydrogen) atoms. The van der Waals surface area contributed by atoms with Gasteiger partial charge in [0.05, 0.1) is 39.8 Å². The van der Waals surface area contributed by atoms with Crippen molar-refractivity contribution in [3.05, 3.63) is 46.2 Å². The first-order valence-electron chi connectivity index (χ1n) is 6.14. The molecule has 3 rings (SSSR count). The van der Waals surface area contributed by atoms with Gasteiger partial charge in [-0.15, -0.1) is 22.9 Å². The molecule has 0 aliphatic heterocycles. The predicted octanol–water partition coefficient (Wildman–Crippen LogP) is 3.35. The van der Waals surface area contributed by atoms with Gasteiger partial charge in [0.25, 0.3) is 0 Å². The number of aromatic nitrogens is 3. The zero-order valence-corrected chi connectivity index (χ0v) is 12.2. The van der Waals surface area contributed by atoms with Gasteiger partial charge >= 0.3 is 0 Å². The number of rotatable bonds is 4. The molecule has 0 fully saturated rings. The van der Waals surface area contributed by atoms with Crippen molar-refractivity contribution < 1.29 is 0 Å². The lowest BCUT2D eigenvalue weighted by Gasteiger charge is -2.06. The molecule has 100 valence electrons. The summed E-state index contributed by atoms with van der Waals surface area (Å²) in [6, 6.07) is 7.66. The third-order valence-corrected chi connectivity index (χ3v) is 4.03. The highest BCUT2D eigenvalue weighted by Gasteiger charge is 2.11. The molecule has 0 bridgehead atoms. The summed E-state index contributed by atoms with van der Waals surface area (Å²) in [7, 11) is 0. The van der Waals surface area contributed by atoms with Gasteiger partial charge in [0.15, 0.2) is 0 Å². The van der Waals surface area contributed by atoms with Crippen LogP contribution < -0.4 is 0 Å². The Balaban J connectivity index is 2.00. The Labute approximate surface area is 125 Å². The summed E-state index contributed by atoms with van der Waals surface area (Å²) in [5.74, 6) is 1.18. The Bertz CT molecular complexity index is 770. The molecule has 0 radical (unpaired) electrons. The number of benzene rings is 1. The van der Waals surface area contributed by atoms with Crippen molar-refractivity contribution in [2.75, 3.05) is 0 Å². The third-order valence-electron chi connectivity index (χ3n) is 3.15. The van der Waals surface area contributed by atoms with Crippen LogP contribution in [-0.4, -0.2) is 14.5 Å². The van der Waals surface area contributed by atoms with E-state index < -0.39 is 0 Å². The second kappa shape index (κ2) is 5.61. The zero-order valence-electron chi connectivity index (χ0n) is 10.6. The van der Waals surface area contributed by atoms with Crippen molar-refractivity contribution in [2.24, 2.45) is 0 Å². The molecule has 6 heteroatoms. The van der Waals surface area contributed by atoms with Crippen molar-refractivity contribution >= 4 is 34.0 Å². The Morgan fingerprint density at radius 2 is 2.30 bits per heavy atom. The number of thiazole rings is 1. The van der Waals surface area contributed by atoms with Gasteiger partial charge in [-0.1, -0.05) is 0 Å². The van der Waals surface area contributed by atoms with Crippen LogP contribution >= 0.6 is 22.9 Å². The fourth-order valence-electron chi connectivity index (χ4n) is 2.18. The number of aryl methyl sites for hydroxylation is 2. The maximum Gasteiger partial charge on any atom is 0.124 e. The lowest BCUT2D eigenvalue weighted by atomic mass is 10.2. The number of alkyl halides is 1. The minimum absolute atomic E-state index is 0.355. The number of nitriles is 1. The van der Waals surface area contributed by atoms with Crippen LogP contribution in [0.4, 0.5) is 0 Å². The first-order chi connectivity index (χ1) is 9.81. The van der Waals surface area contributed by atoms with E-state index in [1.807, 2.05) is 23.0 Å². The van der Waals surface area contributed by atoms with E-state index in [9.17, 15) is 0 Å². The molecule has 1 aromatic carbocycles. The number of halogens is 1. The average molecular weight is 303 g/mol. The number of hydrogen-bond acceptors (Lipinski definition) is 4. The van der Waals surface area contributed by atoms with E-state index in [1.54, 1.807) is 17.4 Å². The van der Waals surface area contributed by atoms with Crippen LogP contribution in [0.1, 0.15) is 17.1 Å². The third kappa shape index (κ3) is 2.40. The fraction of sp³-hybridized carbons (Fsp3) is 0.214. The maximum absolute atomic E-state index is 9.02. The monoisotopic (exact) mass is 302 g/mol. The van der Waals surface area contributed by atoms with Crippen molar-refractivity contribution in [1.29, 1.82) is 5.26 Å². The van der Waals surface area contributed by atoms with Crippen molar-refractivity contribution in [1.82, 2.24) is 14.5 Å². The molecule has 4 nitrogen and oxygen atoms in total. The Kier molecular flexibility index (Phi) is 3.68. The number of fused-ring (bicyclic) bond motifs is 1. The number of hydrogen-bond donors (Lipinski definition) is 0. The van der Waals surface area contributed by atoms with Crippen LogP contribution in [-0.2, 0) is 18.8 Å². The molecule has 0 spiro atoms. The van der Waals surface area contributed by atoms with Crippen LogP contribution in [0, 0.1) is 11.3 Å². The van der Waals surface area contributed by atoms with Crippen molar-refractivity contribution in [3.8, 4) is 6.07 Å². The Hall–Kier alpha value is -1.90. The van der Waals surface area contributed by atoms with E-state index in [4.69, 9.17) is 16.9 Å². The summed E-state index contributed by atoms with van der Waals surface area (Å²) in [5.41, 5.74) is 5.35. The molecule has 0 unspecified atom stereocenters. The van der Waals surface area contributed by atoms with Crippen LogP contribution in [0.3, 0.4) is 0 Å². The highest BCUT2D eigenvalue weighted by Crippen LogP contribution is 2.20. The summed E-state index contributed by atoms with van der Waals surface area (Å²) >= 11 is 7.57. The van der Waals surface area contributed by atoms with Gasteiger partial charge in [0.1, 0.15) is 5.82 Å². The van der Waals surface area contributed by atoms with Crippen LogP contribution in [0.2, 0.25) is 0 Å². The van der Waals surface area contributed by atoms with Gasteiger partial charge in [0.2, 0.25) is 0 Å². The molecule has 0 atom stereocenters. The average Bonchev–Trinajstić information content (AvgIpc) is 3.11. The maximum atomic E-state index is 9.02. The van der Waals surface area contributed by atoms with E-state index in [-0.39, 0.29) is 0 Å². The van der Waals surface area contributed by atoms with E-state index in [0.29, 0.717) is 11.4 Å². The molecule has 0 saturated heterocycles. The largest absolute Gasteiger partial charge is 0.327 e. The lowest BCUT2D eigenvalue weighted by molar-refractivity contribution is 0.680. The van der Waals surface area contributed by atoms with Gasteiger partial charge in [-0.05, 0) is 18.2 Å². The van der Waals surface area contributed by atoms with Gasteiger partial charge < -0.3 is 4.57 Å². The van der Waals surface area contributed by atoms with Gasteiger partial charge in [-0.2, -0.15) is 5.26 Å². The lowest BCUT2D eigenvalue weighted by Crippen LogP contribution is -2.05. The summed E-state index contributed by atoms with van der Waals surface area (Å²) in [4.78, 5) is 8.79. The molecule has 0 saturated carbocycles. The highest BCUT2D eigenvalue weighted by atomic mass is 35.5. The van der Waals surface area contributed by atoms with E-state index >= 15 is 0 Å². The Morgan fingerprint density at radius 1 is 1.40 bits per heavy atom. The first-order valence-corrected chi connectivity index (χ1v) is 7.62. The second-order valence-electron chi connectivity index (χ2n) is 4.36. The highest BCUT2D eigenvalue weighted by molar-refractivity contribution is 7.07. The smallest absolute Gasteiger partial charge is 0.124 e. The normalized spacial score (nSPS) is 10.8. The molecule has 0 aliphatic rings. The zero-order chi connectivity index (χ0) is 13.9. The van der Waals surface area contributed by atoms with E-state index in [1.165, 1.54) is 0 Å². The van der Waals surface area contributed by atoms with E-state index in [2.05, 4.69) is 20.6 Å². The summed E-state index contributed by atoms with van der Waals surface area (Å²) < 4.78 is 2.07. The number of nitrogens with zero attached hydrogens (tertiary/aromatic N) is 4. The molecule has 0 aliphatic carbocycles. The molecule has 2 heterocycles. The summed E-state index contributed by atoms with van der Waals surface area (Å²) in [5, 5.41) is 11.1. The standard InChI is InChI=1S/C14H11ClN4S/c15-6-14-18-12-2-1-10(7-16)5-13(12)19(14)4-3-11-8-20-9-17-11/h1-2,5,8-9H,3-4,6H2. The molecular formula is C14H11ClN4S. The van der Waals surface area contributed by atoms with E-state index in [0.717, 1.165) is 35.5 Å². The molecule has 0 N–H and O–H groups in total. The summed E-state index contributed by atoms with van der Waals surface area (Å²) in [6.07, 6.45) is 0.829. The van der Waals surface area contributed by atoms with Gasteiger partial charge in [0, 0.05) is 18.3 Å². The SMILES string of the molecule is N#Cc1ccc2nc(CCl)n(CCc3cscn3)c2c1. The summed E-state index contributed by atoms with van der Waals surface area (Å²) in [6.45, 7) is 0.761. The second-order valence-corrected chi connectivity index (χ2v) is 5.34. The van der Waals surface area contributed by atoms with Crippen molar-refractivity contribution in [3.63, 3.8) is 0 Å². The van der Waals surface area contributed by atoms with Gasteiger partial charge in [-0.25, -0.2) is 9.97 Å². The molecule has 3 aromatic rings. The van der Waals surface area contributed by atoms with Crippen LogP contribution in [0.25, 0.3) is 11.0 Å². The molecule has 0 amide bonds. The molecular weight excluding hydrogens is 292 g/mol. The minimum Gasteiger partial charge on any atom is -0.327 e.